The van der Waals surface area contributed by atoms with Crippen molar-refractivity contribution in [2.24, 2.45) is 0 Å². The average molecular weight is 225 g/mol. The minimum atomic E-state index is 0.449. The van der Waals surface area contributed by atoms with Crippen LogP contribution in [0.2, 0.25) is 0 Å². The third-order valence-electron chi connectivity index (χ3n) is 3.12. The fourth-order valence-corrected chi connectivity index (χ4v) is 2.89. The largest absolute Gasteiger partial charge is 0.311 e. The molecule has 2 heterocycles. The summed E-state index contributed by atoms with van der Waals surface area (Å²) in [6.45, 7) is 8.97. The summed E-state index contributed by atoms with van der Waals surface area (Å²) < 4.78 is 0. The molecule has 1 aromatic rings. The first-order chi connectivity index (χ1) is 7.18. The van der Waals surface area contributed by atoms with Gasteiger partial charge in [0, 0.05) is 36.8 Å². The zero-order valence-corrected chi connectivity index (χ0v) is 10.4. The minimum absolute atomic E-state index is 0.449. The molecule has 84 valence electrons. The van der Waals surface area contributed by atoms with E-state index in [2.05, 4.69) is 41.4 Å². The van der Waals surface area contributed by atoms with Gasteiger partial charge < -0.3 is 5.32 Å². The number of hydrogen-bond donors (Lipinski definition) is 1. The van der Waals surface area contributed by atoms with Crippen LogP contribution in [0.1, 0.15) is 31.8 Å². The maximum atomic E-state index is 4.41. The molecule has 15 heavy (non-hydrogen) atoms. The molecule has 2 rings (SSSR count). The Labute approximate surface area is 95.5 Å². The fourth-order valence-electron chi connectivity index (χ4n) is 2.17. The molecule has 0 aliphatic carbocycles. The van der Waals surface area contributed by atoms with Crippen LogP contribution in [0.4, 0.5) is 0 Å². The highest BCUT2D eigenvalue weighted by molar-refractivity contribution is 7.09. The van der Waals surface area contributed by atoms with Crippen molar-refractivity contribution in [3.05, 3.63) is 16.6 Å². The molecule has 0 saturated carbocycles. The van der Waals surface area contributed by atoms with E-state index >= 15 is 0 Å². The second kappa shape index (κ2) is 4.60. The highest BCUT2D eigenvalue weighted by atomic mass is 32.1. The van der Waals surface area contributed by atoms with Gasteiger partial charge in [-0.05, 0) is 20.8 Å². The van der Waals surface area contributed by atoms with E-state index in [1.54, 1.807) is 11.3 Å². The lowest BCUT2D eigenvalue weighted by atomic mass is 10.1. The molecule has 3 unspecified atom stereocenters. The topological polar surface area (TPSA) is 28.2 Å². The van der Waals surface area contributed by atoms with Crippen molar-refractivity contribution >= 4 is 11.3 Å². The summed E-state index contributed by atoms with van der Waals surface area (Å²) in [5.41, 5.74) is 0. The predicted octanol–water partition coefficient (Wildman–Crippen LogP) is 1.89. The van der Waals surface area contributed by atoms with E-state index in [1.807, 2.05) is 6.20 Å². The summed E-state index contributed by atoms with van der Waals surface area (Å²) in [5.74, 6) is 0. The molecule has 4 heteroatoms. The van der Waals surface area contributed by atoms with Crippen molar-refractivity contribution < 1.29 is 0 Å². The van der Waals surface area contributed by atoms with Gasteiger partial charge in [-0.2, -0.15) is 0 Å². The quantitative estimate of drug-likeness (QED) is 0.833. The van der Waals surface area contributed by atoms with Crippen molar-refractivity contribution in [3.8, 4) is 0 Å². The Hall–Kier alpha value is -0.450. The first-order valence-electron chi connectivity index (χ1n) is 5.57. The Morgan fingerprint density at radius 2 is 2.40 bits per heavy atom. The molecule has 3 atom stereocenters. The summed E-state index contributed by atoms with van der Waals surface area (Å²) in [6, 6.07) is 1.63. The molecular formula is C11H19N3S. The second-order valence-electron chi connectivity index (χ2n) is 4.40. The van der Waals surface area contributed by atoms with E-state index in [0.29, 0.717) is 18.1 Å². The van der Waals surface area contributed by atoms with Gasteiger partial charge in [0.25, 0.3) is 0 Å². The lowest BCUT2D eigenvalue weighted by Crippen LogP contribution is -2.54. The van der Waals surface area contributed by atoms with Crippen LogP contribution in [0, 0.1) is 0 Å². The van der Waals surface area contributed by atoms with Gasteiger partial charge in [0.05, 0.1) is 6.04 Å². The smallest absolute Gasteiger partial charge is 0.109 e. The van der Waals surface area contributed by atoms with E-state index in [1.165, 1.54) is 5.01 Å². The highest BCUT2D eigenvalue weighted by Gasteiger charge is 2.28. The third kappa shape index (κ3) is 2.38. The molecule has 3 nitrogen and oxygen atoms in total. The van der Waals surface area contributed by atoms with Gasteiger partial charge in [-0.3, -0.25) is 4.90 Å². The molecule has 1 fully saturated rings. The Morgan fingerprint density at radius 1 is 1.60 bits per heavy atom. The van der Waals surface area contributed by atoms with Crippen molar-refractivity contribution in [1.82, 2.24) is 15.2 Å². The van der Waals surface area contributed by atoms with E-state index in [9.17, 15) is 0 Å². The summed E-state index contributed by atoms with van der Waals surface area (Å²) in [4.78, 5) is 6.95. The number of nitrogens with one attached hydrogen (secondary N) is 1. The van der Waals surface area contributed by atoms with E-state index in [0.717, 1.165) is 13.1 Å². The van der Waals surface area contributed by atoms with E-state index in [4.69, 9.17) is 0 Å². The van der Waals surface area contributed by atoms with Gasteiger partial charge in [-0.15, -0.1) is 11.3 Å². The monoisotopic (exact) mass is 225 g/mol. The van der Waals surface area contributed by atoms with Gasteiger partial charge in [-0.1, -0.05) is 0 Å². The second-order valence-corrected chi connectivity index (χ2v) is 5.33. The lowest BCUT2D eigenvalue weighted by Gasteiger charge is -2.40. The standard InChI is InChI=1S/C11H19N3S/c1-8-7-14(9(2)6-13-8)10(3)11-12-4-5-15-11/h4-5,8-10,13H,6-7H2,1-3H3. The molecule has 1 N–H and O–H groups in total. The molecule has 0 aromatic carbocycles. The van der Waals surface area contributed by atoms with Crippen molar-refractivity contribution in [1.29, 1.82) is 0 Å². The first-order valence-corrected chi connectivity index (χ1v) is 6.45. The van der Waals surface area contributed by atoms with Crippen molar-refractivity contribution in [3.63, 3.8) is 0 Å². The summed E-state index contributed by atoms with van der Waals surface area (Å²) in [6.07, 6.45) is 1.90. The van der Waals surface area contributed by atoms with Crippen LogP contribution in [0.15, 0.2) is 11.6 Å². The molecule has 0 radical (unpaired) electrons. The number of nitrogens with zero attached hydrogens (tertiary/aromatic N) is 2. The predicted molar refractivity (Wildman–Crippen MR) is 64.2 cm³/mol. The molecule has 1 aliphatic heterocycles. The highest BCUT2D eigenvalue weighted by Crippen LogP contribution is 2.25. The normalized spacial score (nSPS) is 30.3. The van der Waals surface area contributed by atoms with Crippen molar-refractivity contribution in [2.45, 2.75) is 38.9 Å². The number of thiazole rings is 1. The van der Waals surface area contributed by atoms with Crippen LogP contribution >= 0.6 is 11.3 Å². The van der Waals surface area contributed by atoms with Crippen LogP contribution in [0.5, 0.6) is 0 Å². The third-order valence-corrected chi connectivity index (χ3v) is 4.06. The van der Waals surface area contributed by atoms with Crippen LogP contribution in [-0.2, 0) is 0 Å². The van der Waals surface area contributed by atoms with Gasteiger partial charge >= 0.3 is 0 Å². The maximum Gasteiger partial charge on any atom is 0.109 e. The number of hydrogen-bond acceptors (Lipinski definition) is 4. The minimum Gasteiger partial charge on any atom is -0.311 e. The summed E-state index contributed by atoms with van der Waals surface area (Å²) >= 11 is 1.75. The average Bonchev–Trinajstić information content (AvgIpc) is 2.74. The van der Waals surface area contributed by atoms with Gasteiger partial charge in [-0.25, -0.2) is 4.98 Å². The van der Waals surface area contributed by atoms with Gasteiger partial charge in [0.15, 0.2) is 0 Å². The number of aromatic nitrogens is 1. The first kappa shape index (κ1) is 11.0. The molecular weight excluding hydrogens is 206 g/mol. The van der Waals surface area contributed by atoms with Crippen LogP contribution in [0.3, 0.4) is 0 Å². The number of piperazine rings is 1. The van der Waals surface area contributed by atoms with E-state index in [-0.39, 0.29) is 0 Å². The van der Waals surface area contributed by atoms with Gasteiger partial charge in [0.1, 0.15) is 5.01 Å². The van der Waals surface area contributed by atoms with E-state index < -0.39 is 0 Å². The van der Waals surface area contributed by atoms with Crippen LogP contribution < -0.4 is 5.32 Å². The molecule has 0 spiro atoms. The molecule has 1 saturated heterocycles. The van der Waals surface area contributed by atoms with Gasteiger partial charge in [0.2, 0.25) is 0 Å². The summed E-state index contributed by atoms with van der Waals surface area (Å²) in [5, 5.41) is 6.79. The summed E-state index contributed by atoms with van der Waals surface area (Å²) in [7, 11) is 0. The zero-order valence-electron chi connectivity index (χ0n) is 9.60. The molecule has 0 bridgehead atoms. The maximum absolute atomic E-state index is 4.41. The Morgan fingerprint density at radius 3 is 3.07 bits per heavy atom. The Kier molecular flexibility index (Phi) is 3.38. The zero-order chi connectivity index (χ0) is 10.8. The molecule has 1 aromatic heterocycles. The molecule has 0 amide bonds. The molecule has 1 aliphatic rings. The fraction of sp³-hybridized carbons (Fsp3) is 0.727. The SMILES string of the molecule is CC1CN(C(C)c2nccs2)C(C)CN1. The van der Waals surface area contributed by atoms with Crippen molar-refractivity contribution in [2.75, 3.05) is 13.1 Å². The van der Waals surface area contributed by atoms with Crippen LogP contribution in [-0.4, -0.2) is 35.1 Å². The Balaban J connectivity index is 2.08. The Bertz CT molecular complexity index is 299. The number of rotatable bonds is 2. The lowest BCUT2D eigenvalue weighted by molar-refractivity contribution is 0.103. The van der Waals surface area contributed by atoms with Crippen LogP contribution in [0.25, 0.3) is 0 Å².